The predicted molar refractivity (Wildman–Crippen MR) is 147 cm³/mol. The van der Waals surface area contributed by atoms with E-state index in [0.29, 0.717) is 0 Å². The zero-order chi connectivity index (χ0) is 24.0. The zero-order valence-corrected chi connectivity index (χ0v) is 22.5. The summed E-state index contributed by atoms with van der Waals surface area (Å²) >= 11 is 0. The lowest BCUT2D eigenvalue weighted by Gasteiger charge is -2.28. The van der Waals surface area contributed by atoms with Gasteiger partial charge in [-0.25, -0.2) is 9.97 Å². The van der Waals surface area contributed by atoms with E-state index in [1.54, 1.807) is 0 Å². The van der Waals surface area contributed by atoms with Gasteiger partial charge in [-0.15, -0.1) is 0 Å². The van der Waals surface area contributed by atoms with Gasteiger partial charge in [-0.05, 0) is 49.1 Å². The summed E-state index contributed by atoms with van der Waals surface area (Å²) in [4.78, 5) is 9.64. The highest BCUT2D eigenvalue weighted by Gasteiger charge is 2.20. The molecular weight excluding hydrogens is 412 g/mol. The van der Waals surface area contributed by atoms with E-state index in [-0.39, 0.29) is 0 Å². The first-order chi connectivity index (χ1) is 16.7. The van der Waals surface area contributed by atoms with Gasteiger partial charge in [-0.3, -0.25) is 0 Å². The van der Waals surface area contributed by atoms with Crippen molar-refractivity contribution in [2.45, 2.75) is 130 Å². The number of unbranched alkanes of at least 4 members (excludes halogenated alkanes) is 7. The van der Waals surface area contributed by atoms with E-state index in [2.05, 4.69) is 51.2 Å². The Morgan fingerprint density at radius 2 is 1.32 bits per heavy atom. The maximum atomic E-state index is 4.89. The molecule has 0 radical (unpaired) electrons. The maximum absolute atomic E-state index is 4.89. The van der Waals surface area contributed by atoms with Crippen LogP contribution in [0.2, 0.25) is 0 Å². The largest absolute Gasteiger partial charge is 0.241 e. The summed E-state index contributed by atoms with van der Waals surface area (Å²) in [6.07, 6.45) is 25.1. The van der Waals surface area contributed by atoms with Crippen LogP contribution in [0.3, 0.4) is 0 Å². The molecule has 3 rings (SSSR count). The highest BCUT2D eigenvalue weighted by molar-refractivity contribution is 5.65. The predicted octanol–water partition coefficient (Wildman–Crippen LogP) is 9.67. The minimum Gasteiger partial charge on any atom is -0.241 e. The summed E-state index contributed by atoms with van der Waals surface area (Å²) in [6.45, 7) is 6.75. The average Bonchev–Trinajstić information content (AvgIpc) is 2.86. The van der Waals surface area contributed by atoms with Crippen molar-refractivity contribution in [3.05, 3.63) is 47.5 Å². The molecule has 0 N–H and O–H groups in total. The maximum Gasteiger partial charge on any atom is 0.128 e. The van der Waals surface area contributed by atoms with E-state index in [0.717, 1.165) is 29.8 Å². The summed E-state index contributed by atoms with van der Waals surface area (Å²) in [5.41, 5.74) is 5.01. The Labute approximate surface area is 210 Å². The van der Waals surface area contributed by atoms with Crippen LogP contribution in [-0.4, -0.2) is 9.97 Å². The van der Waals surface area contributed by atoms with Gasteiger partial charge < -0.3 is 0 Å². The van der Waals surface area contributed by atoms with E-state index >= 15 is 0 Å². The van der Waals surface area contributed by atoms with Crippen molar-refractivity contribution in [3.63, 3.8) is 0 Å². The van der Waals surface area contributed by atoms with E-state index < -0.39 is 0 Å². The molecule has 1 aromatic heterocycles. The van der Waals surface area contributed by atoms with Crippen LogP contribution in [0.4, 0.5) is 0 Å². The van der Waals surface area contributed by atoms with Crippen LogP contribution in [0.1, 0.15) is 127 Å². The van der Waals surface area contributed by atoms with E-state index in [9.17, 15) is 0 Å². The molecule has 0 saturated heterocycles. The Bertz CT molecular complexity index is 802. The van der Waals surface area contributed by atoms with Crippen molar-refractivity contribution in [2.24, 2.45) is 11.8 Å². The molecule has 1 aliphatic carbocycles. The molecule has 0 aliphatic heterocycles. The van der Waals surface area contributed by atoms with Crippen LogP contribution in [0.5, 0.6) is 0 Å². The van der Waals surface area contributed by atoms with E-state index in [1.807, 2.05) is 0 Å². The molecule has 2 nitrogen and oxygen atoms in total. The van der Waals surface area contributed by atoms with Crippen molar-refractivity contribution in [3.8, 4) is 11.1 Å². The van der Waals surface area contributed by atoms with Crippen molar-refractivity contribution < 1.29 is 0 Å². The molecule has 0 amide bonds. The minimum absolute atomic E-state index is 0.880. The number of hydrogen-bond acceptors (Lipinski definition) is 2. The number of rotatable bonds is 15. The Morgan fingerprint density at radius 1 is 0.706 bits per heavy atom. The van der Waals surface area contributed by atoms with Crippen LogP contribution in [-0.2, 0) is 12.8 Å². The lowest BCUT2D eigenvalue weighted by Crippen LogP contribution is -2.15. The van der Waals surface area contributed by atoms with E-state index in [4.69, 9.17) is 9.97 Å². The summed E-state index contributed by atoms with van der Waals surface area (Å²) in [5.74, 6) is 2.90. The third-order valence-electron chi connectivity index (χ3n) is 8.05. The second kappa shape index (κ2) is 15.3. The molecule has 0 atom stereocenters. The summed E-state index contributed by atoms with van der Waals surface area (Å²) in [6, 6.07) is 9.14. The fraction of sp³-hybridized carbons (Fsp3) is 0.688. The van der Waals surface area contributed by atoms with Gasteiger partial charge in [0.05, 0.1) is 0 Å². The van der Waals surface area contributed by atoms with Gasteiger partial charge in [0, 0.05) is 23.9 Å². The first kappa shape index (κ1) is 26.9. The summed E-state index contributed by atoms with van der Waals surface area (Å²) in [7, 11) is 0. The molecule has 1 aromatic carbocycles. The molecule has 2 heteroatoms. The first-order valence-corrected chi connectivity index (χ1v) is 14.6. The highest BCUT2D eigenvalue weighted by Crippen LogP contribution is 2.33. The van der Waals surface area contributed by atoms with Crippen LogP contribution in [0.15, 0.2) is 30.5 Å². The summed E-state index contributed by atoms with van der Waals surface area (Å²) in [5, 5.41) is 0. The van der Waals surface area contributed by atoms with Crippen LogP contribution >= 0.6 is 0 Å². The average molecular weight is 463 g/mol. The van der Waals surface area contributed by atoms with Crippen molar-refractivity contribution in [2.75, 3.05) is 0 Å². The number of hydrogen-bond donors (Lipinski definition) is 0. The van der Waals surface area contributed by atoms with Gasteiger partial charge >= 0.3 is 0 Å². The van der Waals surface area contributed by atoms with Crippen LogP contribution < -0.4 is 0 Å². The Hall–Kier alpha value is -1.70. The molecule has 1 aliphatic rings. The molecule has 188 valence electrons. The van der Waals surface area contributed by atoms with Crippen molar-refractivity contribution >= 4 is 0 Å². The van der Waals surface area contributed by atoms with Gasteiger partial charge in [0.15, 0.2) is 0 Å². The third-order valence-corrected chi connectivity index (χ3v) is 8.05. The Morgan fingerprint density at radius 3 is 1.94 bits per heavy atom. The Kier molecular flexibility index (Phi) is 12.1. The molecule has 2 aromatic rings. The molecule has 0 bridgehead atoms. The fourth-order valence-corrected chi connectivity index (χ4v) is 5.78. The molecule has 1 saturated carbocycles. The lowest BCUT2D eigenvalue weighted by molar-refractivity contribution is 0.251. The number of aryl methyl sites for hydroxylation is 3. The minimum atomic E-state index is 0.880. The first-order valence-electron chi connectivity index (χ1n) is 14.6. The molecule has 1 heterocycles. The number of nitrogens with zero attached hydrogens (tertiary/aromatic N) is 2. The molecule has 0 spiro atoms. The second-order valence-corrected chi connectivity index (χ2v) is 10.9. The molecule has 0 unspecified atom stereocenters. The lowest BCUT2D eigenvalue weighted by atomic mass is 9.78. The molecule has 34 heavy (non-hydrogen) atoms. The van der Waals surface area contributed by atoms with Gasteiger partial charge in [0.1, 0.15) is 5.82 Å². The summed E-state index contributed by atoms with van der Waals surface area (Å²) < 4.78 is 0. The second-order valence-electron chi connectivity index (χ2n) is 10.9. The standard InChI is InChI=1S/C32H50N2/c1-4-6-7-8-9-10-11-12-14-28-19-22-30(23-20-28)31-25-33-32(34-26(31)3)24-21-29-17-15-27(13-5-2)16-18-29/h19-20,22-23,25,27,29H,4-18,21,24H2,1-3H3/t27-,29-. The third kappa shape index (κ3) is 9.16. The topological polar surface area (TPSA) is 25.8 Å². The van der Waals surface area contributed by atoms with Crippen LogP contribution in [0, 0.1) is 18.8 Å². The smallest absolute Gasteiger partial charge is 0.128 e. The van der Waals surface area contributed by atoms with Crippen molar-refractivity contribution in [1.82, 2.24) is 9.97 Å². The van der Waals surface area contributed by atoms with Crippen LogP contribution in [0.25, 0.3) is 11.1 Å². The zero-order valence-electron chi connectivity index (χ0n) is 22.5. The highest BCUT2D eigenvalue weighted by atomic mass is 14.9. The van der Waals surface area contributed by atoms with Gasteiger partial charge in [0.25, 0.3) is 0 Å². The quantitative estimate of drug-likeness (QED) is 0.246. The number of aromatic nitrogens is 2. The molecular formula is C32H50N2. The normalized spacial score (nSPS) is 18.3. The SMILES string of the molecule is CCCCCCCCCCc1ccc(-c2cnc(CC[C@H]3CC[C@H](CCC)CC3)nc2C)cc1. The van der Waals surface area contributed by atoms with Gasteiger partial charge in [-0.2, -0.15) is 0 Å². The van der Waals surface area contributed by atoms with Crippen molar-refractivity contribution in [1.29, 1.82) is 0 Å². The Balaban J connectivity index is 1.40. The molecule has 1 fully saturated rings. The monoisotopic (exact) mass is 462 g/mol. The fourth-order valence-electron chi connectivity index (χ4n) is 5.78. The number of benzene rings is 1. The van der Waals surface area contributed by atoms with Gasteiger partial charge in [-0.1, -0.05) is 122 Å². The van der Waals surface area contributed by atoms with Gasteiger partial charge in [0.2, 0.25) is 0 Å². The van der Waals surface area contributed by atoms with E-state index in [1.165, 1.54) is 119 Å².